The summed E-state index contributed by atoms with van der Waals surface area (Å²) in [5.74, 6) is 1.28. The van der Waals surface area contributed by atoms with E-state index < -0.39 is 5.82 Å². The van der Waals surface area contributed by atoms with E-state index in [-0.39, 0.29) is 11.6 Å². The van der Waals surface area contributed by atoms with Crippen LogP contribution in [0, 0.1) is 38.2 Å². The van der Waals surface area contributed by atoms with E-state index in [1.165, 1.54) is 67.5 Å². The smallest absolute Gasteiger partial charge is 0.134 e. The Morgan fingerprint density at radius 3 is 0.927 bits per heavy atom. The fourth-order valence-corrected chi connectivity index (χ4v) is 14.7. The molecule has 0 unspecified atom stereocenters. The van der Waals surface area contributed by atoms with Gasteiger partial charge in [-0.2, -0.15) is 0 Å². The number of pyridine rings is 5. The van der Waals surface area contributed by atoms with Crippen LogP contribution in [-0.2, 0) is 0 Å². The van der Waals surface area contributed by atoms with Crippen LogP contribution in [0.15, 0.2) is 317 Å². The third kappa shape index (κ3) is 17.9. The normalized spacial score (nSPS) is 10.9. The van der Waals surface area contributed by atoms with Crippen LogP contribution in [0.1, 0.15) is 16.7 Å². The molecule has 10 aromatic heterocycles. The minimum atomic E-state index is -0.407. The lowest BCUT2D eigenvalue weighted by atomic mass is 9.96. The van der Waals surface area contributed by atoms with Crippen molar-refractivity contribution in [3.8, 4) is 112 Å². The van der Waals surface area contributed by atoms with Gasteiger partial charge < -0.3 is 28.7 Å². The summed E-state index contributed by atoms with van der Waals surface area (Å²) < 4.78 is 41.4. The highest BCUT2D eigenvalue weighted by Crippen LogP contribution is 2.41. The van der Waals surface area contributed by atoms with E-state index in [4.69, 9.17) is 51.9 Å². The topological polar surface area (TPSA) is 323 Å². The van der Waals surface area contributed by atoms with Crippen molar-refractivity contribution in [1.82, 2.24) is 74.8 Å². The third-order valence-electron chi connectivity index (χ3n) is 20.5. The quantitative estimate of drug-likeness (QED) is 0.0849. The van der Waals surface area contributed by atoms with Gasteiger partial charge in [-0.25, -0.2) is 63.0 Å². The van der Waals surface area contributed by atoms with E-state index in [2.05, 4.69) is 107 Å². The zero-order chi connectivity index (χ0) is 85.2. The number of rotatable bonds is 10. The van der Waals surface area contributed by atoms with Crippen LogP contribution in [0.4, 0.5) is 42.3 Å². The lowest BCUT2D eigenvalue weighted by Crippen LogP contribution is -1.95. The Kier molecular flexibility index (Phi) is 23.7. The molecule has 0 radical (unpaired) electrons. The Labute approximate surface area is 713 Å². The maximum atomic E-state index is 14.0. The van der Waals surface area contributed by atoms with Crippen molar-refractivity contribution < 1.29 is 13.2 Å². The first-order chi connectivity index (χ1) is 59.8. The van der Waals surface area contributed by atoms with E-state index in [1.807, 2.05) is 194 Å². The predicted octanol–water partition coefficient (Wildman–Crippen LogP) is 22.4. The number of nitrogen functional groups attached to an aromatic ring is 5. The van der Waals surface area contributed by atoms with Crippen LogP contribution in [0.5, 0.6) is 0 Å². The van der Waals surface area contributed by atoms with Gasteiger partial charge in [0.1, 0.15) is 78.2 Å². The molecule has 598 valence electrons. The Morgan fingerprint density at radius 2 is 0.545 bits per heavy atom. The molecule has 10 heterocycles. The number of hydrogen-bond donors (Lipinski definition) is 5. The average molecular weight is 1660 g/mol. The molecule has 10 aromatic carbocycles. The van der Waals surface area contributed by atoms with Crippen molar-refractivity contribution >= 4 is 107 Å². The number of benzene rings is 10. The van der Waals surface area contributed by atoms with Gasteiger partial charge in [0.05, 0.1) is 56.1 Å². The molecule has 0 spiro atoms. The number of aryl methyl sites for hydroxylation is 3. The molecule has 20 nitrogen and oxygen atoms in total. The number of halogens is 5. The van der Waals surface area contributed by atoms with Crippen LogP contribution in [-0.4, -0.2) is 74.8 Å². The molecule has 25 heteroatoms. The summed E-state index contributed by atoms with van der Waals surface area (Å²) in [5, 5.41) is 5.02. The van der Waals surface area contributed by atoms with Gasteiger partial charge in [0.2, 0.25) is 0 Å². The van der Waals surface area contributed by atoms with Crippen molar-refractivity contribution in [3.63, 3.8) is 0 Å². The number of hydrogen-bond acceptors (Lipinski definition) is 20. The monoisotopic (exact) mass is 1650 g/mol. The van der Waals surface area contributed by atoms with Gasteiger partial charge in [-0.1, -0.05) is 138 Å². The maximum Gasteiger partial charge on any atom is 0.134 e. The minimum absolute atomic E-state index is 0.245. The summed E-state index contributed by atoms with van der Waals surface area (Å²) in [6.45, 7) is 5.89. The van der Waals surface area contributed by atoms with Gasteiger partial charge in [-0.15, -0.1) is 0 Å². The summed E-state index contributed by atoms with van der Waals surface area (Å²) in [4.78, 5) is 64.0. The fraction of sp³-hybridized carbons (Fsp3) is 0.0306. The predicted molar refractivity (Wildman–Crippen MR) is 487 cm³/mol. The number of nitrogens with two attached hydrogens (primary N) is 5. The summed E-state index contributed by atoms with van der Waals surface area (Å²) in [7, 11) is 0. The highest BCUT2D eigenvalue weighted by Gasteiger charge is 2.19. The number of nitrogens with zero attached hydrogens (tertiary/aromatic N) is 15. The lowest BCUT2D eigenvalue weighted by Gasteiger charge is -2.12. The zero-order valence-electron chi connectivity index (χ0n) is 66.0. The lowest BCUT2D eigenvalue weighted by molar-refractivity contribution is 0.619. The first-order valence-electron chi connectivity index (χ1n) is 38.4. The molecule has 0 amide bonds. The summed E-state index contributed by atoms with van der Waals surface area (Å²) in [6.07, 6.45) is 16.0. The van der Waals surface area contributed by atoms with Crippen LogP contribution >= 0.6 is 23.2 Å². The van der Waals surface area contributed by atoms with Gasteiger partial charge >= 0.3 is 0 Å². The van der Waals surface area contributed by atoms with Crippen LogP contribution < -0.4 is 28.7 Å². The highest BCUT2D eigenvalue weighted by molar-refractivity contribution is 6.31. The third-order valence-corrected chi connectivity index (χ3v) is 20.9. The molecular formula is C98H71Cl2F3N20. The second kappa shape index (κ2) is 36.1. The Balaban J connectivity index is 0.000000114. The molecule has 0 aliphatic rings. The average Bonchev–Trinajstić information content (AvgIpc) is 0.806. The molecule has 20 rings (SSSR count). The summed E-state index contributed by atoms with van der Waals surface area (Å²) in [5.41, 5.74) is 54.5. The van der Waals surface area contributed by atoms with Crippen molar-refractivity contribution in [3.05, 3.63) is 362 Å². The van der Waals surface area contributed by atoms with Crippen molar-refractivity contribution in [1.29, 1.82) is 0 Å². The molecule has 123 heavy (non-hydrogen) atoms. The molecule has 10 N–H and O–H groups in total. The largest absolute Gasteiger partial charge is 0.383 e. The highest BCUT2D eigenvalue weighted by atomic mass is 35.5. The standard InChI is InChI=1S/C20H15ClN4.C20H15FN4.C20H16N4.C19H12ClFN4.C19H13FN4/c1-12-4-6-14(21)10-16(12)19-15(3-2-8-23-19)13-5-7-18-17(9-13)20(22)25-11-24-18;1-12-4-5-14(10-17(12)21)19-15(3-2-8-23-19)13-6-7-18-16(9-13)20(22)25-11-24-18;1-13-5-2-3-6-15(13)19-16(7-4-10-22-19)14-8-9-18-17(11-14)20(21)24-12-23-18;20-13-6-12(7-14(21)9-13)18-15(2-1-5-23-18)11-3-4-17-16(8-11)19(22)25-10-24-17;20-14-4-1-3-13(9-14)18-15(5-2-8-22-18)12-6-7-17-16(10-12)19(21)24-11-23-17/h2*2-11H,1H3,(H2,22,24,25);2-12H,1H3,(H2,21,23,24);1-10H,(H2,22,24,25);1-11H,(H2,21,23,24). The van der Waals surface area contributed by atoms with Crippen molar-refractivity contribution in [2.75, 3.05) is 28.7 Å². The second-order valence-electron chi connectivity index (χ2n) is 28.4. The van der Waals surface area contributed by atoms with Crippen molar-refractivity contribution in [2.24, 2.45) is 0 Å². The molecule has 0 fully saturated rings. The van der Waals surface area contributed by atoms with E-state index in [1.54, 1.807) is 49.9 Å². The van der Waals surface area contributed by atoms with E-state index in [9.17, 15) is 13.2 Å². The van der Waals surface area contributed by atoms with Crippen LogP contribution in [0.3, 0.4) is 0 Å². The SMILES string of the molecule is Cc1ccc(-c2ncccc2-c2ccc3ncnc(N)c3c2)cc1F.Cc1ccc(Cl)cc1-c1ncccc1-c1ccc2ncnc(N)c2c1.Cc1ccccc1-c1ncccc1-c1ccc2ncnc(N)c2c1.Nc1ncnc2ccc(-c3cccnc3-c3cc(F)cc(Cl)c3)cc12.Nc1ncnc2ccc(-c3cccnc3-c3cccc(F)c3)cc12. The molecule has 0 aliphatic carbocycles. The van der Waals surface area contributed by atoms with Gasteiger partial charge in [-0.05, 0) is 205 Å². The van der Waals surface area contributed by atoms with Gasteiger partial charge in [0, 0.05) is 124 Å². The number of anilines is 5. The zero-order valence-corrected chi connectivity index (χ0v) is 67.5. The number of fused-ring (bicyclic) bond motifs is 5. The van der Waals surface area contributed by atoms with E-state index in [0.29, 0.717) is 61.6 Å². The molecule has 0 bridgehead atoms. The number of aromatic nitrogens is 15. The summed E-state index contributed by atoms with van der Waals surface area (Å²) in [6, 6.07) is 78.7. The van der Waals surface area contributed by atoms with Crippen LogP contribution in [0.25, 0.3) is 166 Å². The molecule has 0 atom stereocenters. The van der Waals surface area contributed by atoms with Crippen molar-refractivity contribution in [2.45, 2.75) is 20.8 Å². The van der Waals surface area contributed by atoms with Gasteiger partial charge in [0.25, 0.3) is 0 Å². The molecule has 0 saturated carbocycles. The van der Waals surface area contributed by atoms with Gasteiger partial charge in [0.15, 0.2) is 0 Å². The Bertz CT molecular complexity index is 7370. The van der Waals surface area contributed by atoms with Crippen LogP contribution in [0.2, 0.25) is 10.0 Å². The fourth-order valence-electron chi connectivity index (χ4n) is 14.3. The first kappa shape index (κ1) is 80.8. The second-order valence-corrected chi connectivity index (χ2v) is 29.2. The summed E-state index contributed by atoms with van der Waals surface area (Å²) >= 11 is 12.2. The van der Waals surface area contributed by atoms with E-state index in [0.717, 1.165) is 155 Å². The van der Waals surface area contributed by atoms with E-state index >= 15 is 0 Å². The molecule has 0 aliphatic heterocycles. The Morgan fingerprint density at radius 1 is 0.220 bits per heavy atom. The first-order valence-corrected chi connectivity index (χ1v) is 39.2. The maximum absolute atomic E-state index is 14.0. The van der Waals surface area contributed by atoms with Gasteiger partial charge in [-0.3, -0.25) is 24.9 Å². The molecule has 0 saturated heterocycles. The minimum Gasteiger partial charge on any atom is -0.383 e. The molecular weight excluding hydrogens is 1590 g/mol. The molecule has 20 aromatic rings. The Hall–Kier alpha value is -16.0.